The SMILES string of the molecule is COc1ccc(-c2cn(-c3ccc(F)cc3)c(NC(=O)CN(CC3CCCO3)C(=O)c3ccccc3)n2)cc1. The van der Waals surface area contributed by atoms with Gasteiger partial charge < -0.3 is 14.4 Å². The number of anilines is 1. The molecule has 1 aromatic heterocycles. The maximum Gasteiger partial charge on any atom is 0.254 e. The summed E-state index contributed by atoms with van der Waals surface area (Å²) in [6.07, 6.45) is 3.41. The summed E-state index contributed by atoms with van der Waals surface area (Å²) in [7, 11) is 1.59. The standard InChI is InChI=1S/C30H29FN4O4/c1-38-25-15-9-21(10-16-25)27-19-35(24-13-11-23(31)12-14-24)30(32-27)33-28(36)20-34(18-26-8-5-17-39-26)29(37)22-6-3-2-4-7-22/h2-4,6-7,9-16,19,26H,5,8,17-18,20H2,1H3,(H,32,33,36). The molecule has 2 amide bonds. The van der Waals surface area contributed by atoms with Crippen molar-refractivity contribution >= 4 is 17.8 Å². The summed E-state index contributed by atoms with van der Waals surface area (Å²) in [5, 5.41) is 2.86. The summed E-state index contributed by atoms with van der Waals surface area (Å²) in [4.78, 5) is 32.8. The Morgan fingerprint density at radius 2 is 1.82 bits per heavy atom. The molecule has 3 aromatic carbocycles. The molecule has 1 aliphatic heterocycles. The smallest absolute Gasteiger partial charge is 0.254 e. The van der Waals surface area contributed by atoms with E-state index in [9.17, 15) is 14.0 Å². The fourth-order valence-corrected chi connectivity index (χ4v) is 4.52. The molecule has 1 unspecified atom stereocenters. The Labute approximate surface area is 226 Å². The van der Waals surface area contributed by atoms with E-state index in [1.54, 1.807) is 54.3 Å². The second-order valence-electron chi connectivity index (χ2n) is 9.26. The summed E-state index contributed by atoms with van der Waals surface area (Å²) >= 11 is 0. The molecule has 9 heteroatoms. The fourth-order valence-electron chi connectivity index (χ4n) is 4.52. The molecule has 200 valence electrons. The lowest BCUT2D eigenvalue weighted by Gasteiger charge is -2.25. The number of carbonyl (C=O) groups excluding carboxylic acids is 2. The number of nitrogens with zero attached hydrogens (tertiary/aromatic N) is 3. The molecule has 39 heavy (non-hydrogen) atoms. The third kappa shape index (κ3) is 6.32. The van der Waals surface area contributed by atoms with Crippen molar-refractivity contribution in [3.05, 3.63) is 96.4 Å². The lowest BCUT2D eigenvalue weighted by atomic mass is 10.1. The number of nitrogens with one attached hydrogen (secondary N) is 1. The van der Waals surface area contributed by atoms with Crippen molar-refractivity contribution in [1.82, 2.24) is 14.5 Å². The van der Waals surface area contributed by atoms with Crippen LogP contribution in [-0.4, -0.2) is 59.2 Å². The molecule has 1 N–H and O–H groups in total. The van der Waals surface area contributed by atoms with Crippen LogP contribution in [0, 0.1) is 5.82 Å². The van der Waals surface area contributed by atoms with Gasteiger partial charge in [-0.2, -0.15) is 0 Å². The van der Waals surface area contributed by atoms with E-state index >= 15 is 0 Å². The predicted octanol–water partition coefficient (Wildman–Crippen LogP) is 4.95. The molecule has 2 heterocycles. The molecular formula is C30H29FN4O4. The van der Waals surface area contributed by atoms with Gasteiger partial charge in [0.1, 0.15) is 18.1 Å². The van der Waals surface area contributed by atoms with Gasteiger partial charge in [0.2, 0.25) is 11.9 Å². The molecule has 1 saturated heterocycles. The van der Waals surface area contributed by atoms with Crippen LogP contribution in [0.15, 0.2) is 85.1 Å². The highest BCUT2D eigenvalue weighted by atomic mass is 19.1. The maximum atomic E-state index is 13.6. The topological polar surface area (TPSA) is 85.7 Å². The Balaban J connectivity index is 1.41. The van der Waals surface area contributed by atoms with Gasteiger partial charge in [0, 0.05) is 36.2 Å². The summed E-state index contributed by atoms with van der Waals surface area (Å²) < 4.78 is 26.3. The van der Waals surface area contributed by atoms with Crippen LogP contribution < -0.4 is 10.1 Å². The normalized spacial score (nSPS) is 14.7. The van der Waals surface area contributed by atoms with Crippen LogP contribution in [0.25, 0.3) is 16.9 Å². The molecule has 1 atom stereocenters. The molecule has 1 fully saturated rings. The average Bonchev–Trinajstić information content (AvgIpc) is 3.63. The number of carbonyl (C=O) groups is 2. The van der Waals surface area contributed by atoms with Crippen molar-refractivity contribution in [2.75, 3.05) is 32.1 Å². The largest absolute Gasteiger partial charge is 0.497 e. The highest BCUT2D eigenvalue weighted by Crippen LogP contribution is 2.26. The number of methoxy groups -OCH3 is 1. The lowest BCUT2D eigenvalue weighted by Crippen LogP contribution is -2.42. The van der Waals surface area contributed by atoms with E-state index in [4.69, 9.17) is 9.47 Å². The van der Waals surface area contributed by atoms with Crippen molar-refractivity contribution in [2.24, 2.45) is 0 Å². The first-order chi connectivity index (χ1) is 19.0. The molecule has 1 aliphatic rings. The number of halogens is 1. The maximum absolute atomic E-state index is 13.6. The third-order valence-electron chi connectivity index (χ3n) is 6.54. The minimum Gasteiger partial charge on any atom is -0.497 e. The van der Waals surface area contributed by atoms with Gasteiger partial charge in [-0.25, -0.2) is 9.37 Å². The minimum atomic E-state index is -0.410. The van der Waals surface area contributed by atoms with Gasteiger partial charge in [0.25, 0.3) is 5.91 Å². The lowest BCUT2D eigenvalue weighted by molar-refractivity contribution is -0.117. The van der Waals surface area contributed by atoms with Crippen molar-refractivity contribution < 1.29 is 23.5 Å². The Bertz CT molecular complexity index is 1420. The zero-order chi connectivity index (χ0) is 27.2. The predicted molar refractivity (Wildman–Crippen MR) is 145 cm³/mol. The third-order valence-corrected chi connectivity index (χ3v) is 6.54. The van der Waals surface area contributed by atoms with E-state index in [1.165, 1.54) is 17.0 Å². The van der Waals surface area contributed by atoms with Gasteiger partial charge in [0.05, 0.1) is 18.9 Å². The van der Waals surface area contributed by atoms with Crippen molar-refractivity contribution in [1.29, 1.82) is 0 Å². The first kappa shape index (κ1) is 26.1. The van der Waals surface area contributed by atoms with Gasteiger partial charge in [-0.15, -0.1) is 0 Å². The number of imidazole rings is 1. The van der Waals surface area contributed by atoms with Gasteiger partial charge in [-0.1, -0.05) is 18.2 Å². The van der Waals surface area contributed by atoms with E-state index < -0.39 is 5.91 Å². The van der Waals surface area contributed by atoms with Gasteiger partial charge >= 0.3 is 0 Å². The molecule has 0 aliphatic carbocycles. The second kappa shape index (κ2) is 11.9. The zero-order valence-corrected chi connectivity index (χ0v) is 21.5. The highest BCUT2D eigenvalue weighted by Gasteiger charge is 2.26. The Hall–Kier alpha value is -4.50. The molecule has 0 bridgehead atoms. The summed E-state index contributed by atoms with van der Waals surface area (Å²) in [5.41, 5.74) is 2.54. The molecule has 0 radical (unpaired) electrons. The zero-order valence-electron chi connectivity index (χ0n) is 21.5. The van der Waals surface area contributed by atoms with Crippen LogP contribution in [0.4, 0.5) is 10.3 Å². The Morgan fingerprint density at radius 1 is 1.08 bits per heavy atom. The van der Waals surface area contributed by atoms with Gasteiger partial charge in [0.15, 0.2) is 0 Å². The van der Waals surface area contributed by atoms with E-state index in [2.05, 4.69) is 10.3 Å². The summed E-state index contributed by atoms with van der Waals surface area (Å²) in [5.74, 6) is -0.0695. The summed E-state index contributed by atoms with van der Waals surface area (Å²) in [6, 6.07) is 22.1. The van der Waals surface area contributed by atoms with E-state index in [0.29, 0.717) is 35.8 Å². The fraction of sp³-hybridized carbons (Fsp3) is 0.233. The quantitative estimate of drug-likeness (QED) is 0.332. The summed E-state index contributed by atoms with van der Waals surface area (Å²) in [6.45, 7) is 0.778. The number of hydrogen-bond donors (Lipinski definition) is 1. The first-order valence-electron chi connectivity index (χ1n) is 12.8. The van der Waals surface area contributed by atoms with Crippen LogP contribution in [0.1, 0.15) is 23.2 Å². The molecule has 0 spiro atoms. The molecule has 4 aromatic rings. The number of aromatic nitrogens is 2. The average molecular weight is 529 g/mol. The first-order valence-corrected chi connectivity index (χ1v) is 12.8. The van der Waals surface area contributed by atoms with Gasteiger partial charge in [-0.3, -0.25) is 19.5 Å². The molecule has 8 nitrogen and oxygen atoms in total. The second-order valence-corrected chi connectivity index (χ2v) is 9.26. The van der Waals surface area contributed by atoms with Crippen LogP contribution >= 0.6 is 0 Å². The Morgan fingerprint density at radius 3 is 2.49 bits per heavy atom. The van der Waals surface area contributed by atoms with E-state index in [1.807, 2.05) is 30.3 Å². The van der Waals surface area contributed by atoms with Crippen LogP contribution in [0.3, 0.4) is 0 Å². The Kier molecular flexibility index (Phi) is 7.98. The molecular weight excluding hydrogens is 499 g/mol. The van der Waals surface area contributed by atoms with Gasteiger partial charge in [-0.05, 0) is 73.5 Å². The number of benzene rings is 3. The van der Waals surface area contributed by atoms with Crippen LogP contribution in [-0.2, 0) is 9.53 Å². The van der Waals surface area contributed by atoms with E-state index in [0.717, 1.165) is 18.4 Å². The van der Waals surface area contributed by atoms with Crippen molar-refractivity contribution in [3.8, 4) is 22.7 Å². The van der Waals surface area contributed by atoms with E-state index in [-0.39, 0.29) is 30.3 Å². The number of rotatable bonds is 9. The highest BCUT2D eigenvalue weighted by molar-refractivity contribution is 5.99. The molecule has 5 rings (SSSR count). The monoisotopic (exact) mass is 528 g/mol. The number of ether oxygens (including phenoxy) is 2. The molecule has 0 saturated carbocycles. The number of amides is 2. The number of hydrogen-bond acceptors (Lipinski definition) is 5. The van der Waals surface area contributed by atoms with Crippen LogP contribution in [0.5, 0.6) is 5.75 Å². The van der Waals surface area contributed by atoms with Crippen molar-refractivity contribution in [2.45, 2.75) is 18.9 Å². The van der Waals surface area contributed by atoms with Crippen molar-refractivity contribution in [3.63, 3.8) is 0 Å². The minimum absolute atomic E-state index is 0.117. The van der Waals surface area contributed by atoms with Crippen LogP contribution in [0.2, 0.25) is 0 Å².